The van der Waals surface area contributed by atoms with E-state index in [1.54, 1.807) is 0 Å². The van der Waals surface area contributed by atoms with E-state index >= 15 is 0 Å². The Bertz CT molecular complexity index is 218. The van der Waals surface area contributed by atoms with Crippen LogP contribution in [-0.4, -0.2) is 58.1 Å². The molecule has 3 heteroatoms. The SMILES string of the molecule is C=C(C[Si](C)(C)C)C(C)N(C)CCN(C)C. The molecule has 2 nitrogen and oxygen atoms in total. The van der Waals surface area contributed by atoms with Crippen LogP contribution >= 0.6 is 0 Å². The number of hydrogen-bond acceptors (Lipinski definition) is 2. The fourth-order valence-corrected chi connectivity index (χ4v) is 3.35. The van der Waals surface area contributed by atoms with E-state index in [9.17, 15) is 0 Å². The lowest BCUT2D eigenvalue weighted by Crippen LogP contribution is -2.37. The largest absolute Gasteiger partial charge is 0.308 e. The van der Waals surface area contributed by atoms with Gasteiger partial charge in [0.1, 0.15) is 0 Å². The summed E-state index contributed by atoms with van der Waals surface area (Å²) in [4.78, 5) is 4.63. The highest BCUT2D eigenvalue weighted by Gasteiger charge is 2.20. The molecule has 0 aliphatic rings. The highest BCUT2D eigenvalue weighted by Crippen LogP contribution is 2.19. The Balaban J connectivity index is 4.12. The van der Waals surface area contributed by atoms with E-state index in [1.807, 2.05) is 0 Å². The summed E-state index contributed by atoms with van der Waals surface area (Å²) in [6, 6.07) is 1.74. The van der Waals surface area contributed by atoms with Crippen molar-refractivity contribution >= 4 is 8.07 Å². The van der Waals surface area contributed by atoms with Crippen molar-refractivity contribution in [1.29, 1.82) is 0 Å². The first-order valence-corrected chi connectivity index (χ1v) is 9.87. The molecule has 0 aliphatic heterocycles. The molecular weight excluding hydrogens is 212 g/mol. The summed E-state index contributed by atoms with van der Waals surface area (Å²) in [7, 11) is 5.43. The van der Waals surface area contributed by atoms with Gasteiger partial charge in [-0.05, 0) is 34.1 Å². The number of rotatable bonds is 7. The van der Waals surface area contributed by atoms with Crippen LogP contribution in [0.1, 0.15) is 6.92 Å². The van der Waals surface area contributed by atoms with Crippen molar-refractivity contribution in [1.82, 2.24) is 9.80 Å². The predicted octanol–water partition coefficient (Wildman–Crippen LogP) is 2.76. The first-order valence-electron chi connectivity index (χ1n) is 6.16. The van der Waals surface area contributed by atoms with Crippen molar-refractivity contribution in [2.45, 2.75) is 38.7 Å². The van der Waals surface area contributed by atoms with Gasteiger partial charge in [0.2, 0.25) is 0 Å². The summed E-state index contributed by atoms with van der Waals surface area (Å²) in [5.74, 6) is 0. The Hall–Kier alpha value is -0.123. The Labute approximate surface area is 103 Å². The van der Waals surface area contributed by atoms with Gasteiger partial charge in [-0.3, -0.25) is 4.90 Å². The quantitative estimate of drug-likeness (QED) is 0.500. The van der Waals surface area contributed by atoms with E-state index < -0.39 is 8.07 Å². The van der Waals surface area contributed by atoms with Gasteiger partial charge in [0.15, 0.2) is 0 Å². The predicted molar refractivity (Wildman–Crippen MR) is 77.9 cm³/mol. The number of nitrogens with zero attached hydrogens (tertiary/aromatic N) is 2. The lowest BCUT2D eigenvalue weighted by molar-refractivity contribution is 0.250. The second kappa shape index (κ2) is 6.57. The third-order valence-corrected chi connectivity index (χ3v) is 4.42. The molecule has 0 aromatic rings. The van der Waals surface area contributed by atoms with Crippen molar-refractivity contribution in [2.75, 3.05) is 34.2 Å². The highest BCUT2D eigenvalue weighted by molar-refractivity contribution is 6.76. The number of hydrogen-bond donors (Lipinski definition) is 0. The Morgan fingerprint density at radius 3 is 2.00 bits per heavy atom. The summed E-state index contributed by atoms with van der Waals surface area (Å²) >= 11 is 0. The summed E-state index contributed by atoms with van der Waals surface area (Å²) in [5.41, 5.74) is 1.40. The minimum Gasteiger partial charge on any atom is -0.308 e. The van der Waals surface area contributed by atoms with Gasteiger partial charge in [0, 0.05) is 27.2 Å². The topological polar surface area (TPSA) is 6.48 Å². The average molecular weight is 242 g/mol. The maximum atomic E-state index is 4.27. The minimum atomic E-state index is -1.01. The van der Waals surface area contributed by atoms with Gasteiger partial charge >= 0.3 is 0 Å². The van der Waals surface area contributed by atoms with E-state index in [4.69, 9.17) is 0 Å². The van der Waals surface area contributed by atoms with Crippen LogP contribution in [0.4, 0.5) is 0 Å². The molecule has 96 valence electrons. The molecule has 0 rings (SSSR count). The van der Waals surface area contributed by atoms with Crippen molar-refractivity contribution in [3.05, 3.63) is 12.2 Å². The molecular formula is C13H30N2Si. The molecule has 0 fully saturated rings. The zero-order chi connectivity index (χ0) is 12.9. The molecule has 0 aromatic heterocycles. The minimum absolute atomic E-state index is 0.506. The van der Waals surface area contributed by atoms with Crippen molar-refractivity contribution in [2.24, 2.45) is 0 Å². The van der Waals surface area contributed by atoms with Gasteiger partial charge in [-0.15, -0.1) is 0 Å². The van der Waals surface area contributed by atoms with Crippen LogP contribution in [0.25, 0.3) is 0 Å². The zero-order valence-corrected chi connectivity index (χ0v) is 13.3. The van der Waals surface area contributed by atoms with Gasteiger partial charge in [-0.25, -0.2) is 0 Å². The molecule has 1 atom stereocenters. The van der Waals surface area contributed by atoms with Gasteiger partial charge in [-0.1, -0.05) is 31.8 Å². The zero-order valence-electron chi connectivity index (χ0n) is 12.3. The second-order valence-corrected chi connectivity index (χ2v) is 11.8. The summed E-state index contributed by atoms with van der Waals surface area (Å²) in [5, 5.41) is 0. The Kier molecular flexibility index (Phi) is 6.52. The van der Waals surface area contributed by atoms with Crippen LogP contribution < -0.4 is 0 Å². The third-order valence-electron chi connectivity index (χ3n) is 2.91. The molecule has 0 aliphatic carbocycles. The van der Waals surface area contributed by atoms with E-state index in [1.165, 1.54) is 11.6 Å². The highest BCUT2D eigenvalue weighted by atomic mass is 28.3. The van der Waals surface area contributed by atoms with Crippen molar-refractivity contribution < 1.29 is 0 Å². The van der Waals surface area contributed by atoms with Crippen LogP contribution in [0.3, 0.4) is 0 Å². The molecule has 16 heavy (non-hydrogen) atoms. The molecule has 0 saturated heterocycles. The van der Waals surface area contributed by atoms with Gasteiger partial charge < -0.3 is 4.90 Å². The third kappa shape index (κ3) is 7.20. The molecule has 0 saturated carbocycles. The van der Waals surface area contributed by atoms with Gasteiger partial charge in [0.05, 0.1) is 0 Å². The Morgan fingerprint density at radius 2 is 1.62 bits per heavy atom. The van der Waals surface area contributed by atoms with Gasteiger partial charge in [0.25, 0.3) is 0 Å². The molecule has 0 spiro atoms. The van der Waals surface area contributed by atoms with Crippen LogP contribution in [0.2, 0.25) is 25.7 Å². The fourth-order valence-electron chi connectivity index (χ4n) is 1.69. The van der Waals surface area contributed by atoms with E-state index in [0.29, 0.717) is 6.04 Å². The molecule has 1 unspecified atom stereocenters. The first-order chi connectivity index (χ1) is 7.13. The smallest absolute Gasteiger partial charge is 0.0483 e. The monoisotopic (exact) mass is 242 g/mol. The summed E-state index contributed by atoms with van der Waals surface area (Å²) in [6.45, 7) is 16.0. The lowest BCUT2D eigenvalue weighted by Gasteiger charge is -2.30. The molecule has 0 heterocycles. The van der Waals surface area contributed by atoms with Gasteiger partial charge in [-0.2, -0.15) is 0 Å². The van der Waals surface area contributed by atoms with E-state index in [0.717, 1.165) is 13.1 Å². The normalized spacial score (nSPS) is 14.6. The van der Waals surface area contributed by atoms with Crippen LogP contribution in [0, 0.1) is 0 Å². The fraction of sp³-hybridized carbons (Fsp3) is 0.846. The maximum Gasteiger partial charge on any atom is 0.0483 e. The second-order valence-electron chi connectivity index (χ2n) is 6.36. The standard InChI is InChI=1S/C13H30N2Si/c1-12(11-16(6,7)8)13(2)15(5)10-9-14(3)4/h13H,1,9-11H2,2-8H3. The molecule has 0 aromatic carbocycles. The van der Waals surface area contributed by atoms with Crippen molar-refractivity contribution in [3.63, 3.8) is 0 Å². The van der Waals surface area contributed by atoms with Crippen LogP contribution in [-0.2, 0) is 0 Å². The van der Waals surface area contributed by atoms with E-state index in [-0.39, 0.29) is 0 Å². The van der Waals surface area contributed by atoms with Crippen LogP contribution in [0.15, 0.2) is 12.2 Å². The molecule has 0 bridgehead atoms. The Morgan fingerprint density at radius 1 is 1.12 bits per heavy atom. The summed E-state index contributed by atoms with van der Waals surface area (Å²) in [6.07, 6.45) is 0. The van der Waals surface area contributed by atoms with Crippen molar-refractivity contribution in [3.8, 4) is 0 Å². The first kappa shape index (κ1) is 15.9. The number of likely N-dealkylation sites (N-methyl/N-ethyl adjacent to an activating group) is 2. The summed E-state index contributed by atoms with van der Waals surface area (Å²) < 4.78 is 0. The maximum absolute atomic E-state index is 4.27. The molecule has 0 radical (unpaired) electrons. The van der Waals surface area contributed by atoms with E-state index in [2.05, 4.69) is 64.1 Å². The molecule has 0 N–H and O–H groups in total. The average Bonchev–Trinajstić information content (AvgIpc) is 2.10. The lowest BCUT2D eigenvalue weighted by atomic mass is 10.1. The molecule has 0 amide bonds. The van der Waals surface area contributed by atoms with Crippen LogP contribution in [0.5, 0.6) is 0 Å².